The number of nitrogens with zero attached hydrogens (tertiary/aromatic N) is 3. The van der Waals surface area contributed by atoms with Crippen molar-refractivity contribution in [1.82, 2.24) is 9.78 Å². The Morgan fingerprint density at radius 3 is 2.95 bits per heavy atom. The van der Waals surface area contributed by atoms with E-state index in [0.29, 0.717) is 23.0 Å². The maximum Gasteiger partial charge on any atom is 0.133 e. The first-order valence-corrected chi connectivity index (χ1v) is 7.76. The van der Waals surface area contributed by atoms with Crippen molar-refractivity contribution in [2.75, 3.05) is 11.9 Å². The molecule has 3 rings (SSSR count). The molecule has 0 radical (unpaired) electrons. The average Bonchev–Trinajstić information content (AvgIpc) is 2.90. The van der Waals surface area contributed by atoms with Gasteiger partial charge in [0.15, 0.2) is 0 Å². The molecule has 0 saturated heterocycles. The SMILES string of the molecule is CN1c2ccnn2C(Cl)=CC1CC1=C(Cl)CC=CC=C1Cl. The van der Waals surface area contributed by atoms with Crippen LogP contribution in [0.3, 0.4) is 0 Å². The summed E-state index contributed by atoms with van der Waals surface area (Å²) >= 11 is 19.0. The summed E-state index contributed by atoms with van der Waals surface area (Å²) in [4.78, 5) is 2.12. The minimum atomic E-state index is 0.0886. The molecule has 1 aromatic heterocycles. The second-order valence-corrected chi connectivity index (χ2v) is 6.25. The molecule has 0 amide bonds. The second-order valence-electron chi connectivity index (χ2n) is 5.00. The first kappa shape index (κ1) is 14.8. The van der Waals surface area contributed by atoms with E-state index in [0.717, 1.165) is 16.4 Å². The van der Waals surface area contributed by atoms with Gasteiger partial charge in [0.1, 0.15) is 11.0 Å². The summed E-state index contributed by atoms with van der Waals surface area (Å²) in [5, 5.41) is 6.27. The highest BCUT2D eigenvalue weighted by molar-refractivity contribution is 6.45. The molecule has 0 spiro atoms. The van der Waals surface area contributed by atoms with Gasteiger partial charge < -0.3 is 4.90 Å². The Bertz CT molecular complexity index is 682. The van der Waals surface area contributed by atoms with Crippen molar-refractivity contribution in [1.29, 1.82) is 0 Å². The Morgan fingerprint density at radius 2 is 2.14 bits per heavy atom. The monoisotopic (exact) mass is 341 g/mol. The Labute approximate surface area is 138 Å². The molecule has 1 unspecified atom stereocenters. The fourth-order valence-corrected chi connectivity index (χ4v) is 3.39. The average molecular weight is 343 g/mol. The third-order valence-corrected chi connectivity index (χ3v) is 4.74. The van der Waals surface area contributed by atoms with Crippen LogP contribution in [-0.4, -0.2) is 22.9 Å². The predicted octanol–water partition coefficient (Wildman–Crippen LogP) is 4.70. The molecule has 0 saturated carbocycles. The third-order valence-electron chi connectivity index (χ3n) is 3.72. The summed E-state index contributed by atoms with van der Waals surface area (Å²) in [6.45, 7) is 0. The normalized spacial score (nSPS) is 21.9. The van der Waals surface area contributed by atoms with Crippen LogP contribution in [0.1, 0.15) is 12.8 Å². The summed E-state index contributed by atoms with van der Waals surface area (Å²) in [6.07, 6.45) is 10.9. The number of halogens is 3. The molecule has 1 atom stereocenters. The molecule has 0 N–H and O–H groups in total. The number of hydrogen-bond acceptors (Lipinski definition) is 2. The van der Waals surface area contributed by atoms with Gasteiger partial charge >= 0.3 is 0 Å². The molecule has 2 heterocycles. The smallest absolute Gasteiger partial charge is 0.133 e. The number of hydrogen-bond donors (Lipinski definition) is 0. The van der Waals surface area contributed by atoms with Crippen LogP contribution in [-0.2, 0) is 0 Å². The molecule has 6 heteroatoms. The molecule has 1 aromatic rings. The van der Waals surface area contributed by atoms with Gasteiger partial charge in [0, 0.05) is 29.6 Å². The second kappa shape index (κ2) is 5.91. The van der Waals surface area contributed by atoms with Crippen LogP contribution in [0.4, 0.5) is 5.82 Å². The molecule has 0 aromatic carbocycles. The molecule has 1 aliphatic heterocycles. The summed E-state index contributed by atoms with van der Waals surface area (Å²) < 4.78 is 1.71. The fourth-order valence-electron chi connectivity index (χ4n) is 2.53. The van der Waals surface area contributed by atoms with Gasteiger partial charge in [-0.1, -0.05) is 47.0 Å². The summed E-state index contributed by atoms with van der Waals surface area (Å²) in [5.74, 6) is 0.955. The summed E-state index contributed by atoms with van der Waals surface area (Å²) in [5.41, 5.74) is 0.967. The van der Waals surface area contributed by atoms with Crippen LogP contribution >= 0.6 is 34.8 Å². The number of rotatable bonds is 2. The van der Waals surface area contributed by atoms with Crippen LogP contribution in [0.15, 0.2) is 52.2 Å². The van der Waals surface area contributed by atoms with Crippen LogP contribution in [0.2, 0.25) is 0 Å². The largest absolute Gasteiger partial charge is 0.353 e. The van der Waals surface area contributed by atoms with E-state index in [1.807, 2.05) is 37.4 Å². The first-order valence-electron chi connectivity index (χ1n) is 6.62. The van der Waals surface area contributed by atoms with Crippen LogP contribution < -0.4 is 4.90 Å². The Kier molecular flexibility index (Phi) is 4.16. The lowest BCUT2D eigenvalue weighted by atomic mass is 10.0. The van der Waals surface area contributed by atoms with E-state index in [9.17, 15) is 0 Å². The van der Waals surface area contributed by atoms with Crippen molar-refractivity contribution in [3.63, 3.8) is 0 Å². The molecule has 0 fully saturated rings. The quantitative estimate of drug-likeness (QED) is 0.776. The van der Waals surface area contributed by atoms with Gasteiger partial charge in [0.25, 0.3) is 0 Å². The van der Waals surface area contributed by atoms with Crippen molar-refractivity contribution >= 4 is 45.8 Å². The van der Waals surface area contributed by atoms with Crippen LogP contribution in [0, 0.1) is 0 Å². The number of anilines is 1. The lowest BCUT2D eigenvalue weighted by molar-refractivity contribution is 0.694. The van der Waals surface area contributed by atoms with Gasteiger partial charge in [0.05, 0.1) is 12.2 Å². The van der Waals surface area contributed by atoms with Gasteiger partial charge in [-0.15, -0.1) is 0 Å². The topological polar surface area (TPSA) is 21.1 Å². The molecular weight excluding hydrogens is 329 g/mol. The lowest BCUT2D eigenvalue weighted by Crippen LogP contribution is -2.35. The standard InChI is InChI=1S/C15H14Cl3N3/c1-20-10(9-14(18)21-15(20)6-7-19-21)8-11-12(16)4-2-3-5-13(11)17/h2-4,6-7,9-10H,5,8H2,1H3. The minimum absolute atomic E-state index is 0.0886. The van der Waals surface area contributed by atoms with Gasteiger partial charge in [-0.25, -0.2) is 4.68 Å². The van der Waals surface area contributed by atoms with E-state index in [-0.39, 0.29) is 6.04 Å². The van der Waals surface area contributed by atoms with E-state index in [2.05, 4.69) is 10.00 Å². The van der Waals surface area contributed by atoms with Crippen molar-refractivity contribution in [2.45, 2.75) is 18.9 Å². The van der Waals surface area contributed by atoms with Crippen LogP contribution in [0.25, 0.3) is 5.16 Å². The molecule has 1 aliphatic carbocycles. The summed E-state index contributed by atoms with van der Waals surface area (Å²) in [7, 11) is 2.01. The maximum absolute atomic E-state index is 6.38. The highest BCUT2D eigenvalue weighted by atomic mass is 35.5. The van der Waals surface area contributed by atoms with Gasteiger partial charge in [-0.05, 0) is 24.1 Å². The van der Waals surface area contributed by atoms with E-state index in [1.54, 1.807) is 10.9 Å². The molecule has 3 nitrogen and oxygen atoms in total. The van der Waals surface area contributed by atoms with Gasteiger partial charge in [-0.3, -0.25) is 0 Å². The lowest BCUT2D eigenvalue weighted by Gasteiger charge is -2.32. The number of fused-ring (bicyclic) bond motifs is 1. The van der Waals surface area contributed by atoms with Gasteiger partial charge in [-0.2, -0.15) is 5.10 Å². The predicted molar refractivity (Wildman–Crippen MR) is 89.7 cm³/mol. The van der Waals surface area contributed by atoms with E-state index >= 15 is 0 Å². The Balaban J connectivity index is 1.91. The highest BCUT2D eigenvalue weighted by Crippen LogP contribution is 2.35. The van der Waals surface area contributed by atoms with Crippen molar-refractivity contribution in [2.24, 2.45) is 0 Å². The first-order chi connectivity index (χ1) is 10.1. The fraction of sp³-hybridized carbons (Fsp3) is 0.267. The zero-order valence-electron chi connectivity index (χ0n) is 11.4. The number of allylic oxidation sites excluding steroid dienone is 5. The highest BCUT2D eigenvalue weighted by Gasteiger charge is 2.26. The van der Waals surface area contributed by atoms with Crippen molar-refractivity contribution in [3.05, 3.63) is 52.2 Å². The Hall–Kier alpha value is -1.16. The van der Waals surface area contributed by atoms with Crippen molar-refractivity contribution < 1.29 is 0 Å². The van der Waals surface area contributed by atoms with Crippen molar-refractivity contribution in [3.8, 4) is 0 Å². The summed E-state index contributed by atoms with van der Waals surface area (Å²) in [6, 6.07) is 2.02. The minimum Gasteiger partial charge on any atom is -0.353 e. The zero-order valence-corrected chi connectivity index (χ0v) is 13.7. The van der Waals surface area contributed by atoms with E-state index in [4.69, 9.17) is 34.8 Å². The maximum atomic E-state index is 6.38. The molecular formula is C15H14Cl3N3. The van der Waals surface area contributed by atoms with Crippen LogP contribution in [0.5, 0.6) is 0 Å². The molecule has 2 aliphatic rings. The Morgan fingerprint density at radius 1 is 1.33 bits per heavy atom. The third kappa shape index (κ3) is 2.78. The molecule has 110 valence electrons. The molecule has 0 bridgehead atoms. The van der Waals surface area contributed by atoms with E-state index < -0.39 is 0 Å². The number of aromatic nitrogens is 2. The van der Waals surface area contributed by atoms with E-state index in [1.165, 1.54) is 0 Å². The number of likely N-dealkylation sites (N-methyl/N-ethyl adjacent to an activating group) is 1. The zero-order chi connectivity index (χ0) is 15.0. The molecule has 21 heavy (non-hydrogen) atoms. The van der Waals surface area contributed by atoms with Gasteiger partial charge in [0.2, 0.25) is 0 Å².